The maximum absolute atomic E-state index is 12.9. The van der Waals surface area contributed by atoms with Crippen molar-refractivity contribution < 1.29 is 75.8 Å². The lowest BCUT2D eigenvalue weighted by Crippen LogP contribution is -2.30. The van der Waals surface area contributed by atoms with E-state index in [9.17, 15) is 43.5 Å². The molecule has 5 unspecified atom stereocenters. The molecule has 0 amide bonds. The van der Waals surface area contributed by atoms with Crippen molar-refractivity contribution in [2.45, 2.75) is 257 Å². The van der Waals surface area contributed by atoms with Crippen molar-refractivity contribution in [2.24, 2.45) is 0 Å². The van der Waals surface area contributed by atoms with Gasteiger partial charge in [0.25, 0.3) is 0 Å². The molecule has 0 aliphatic rings. The highest BCUT2D eigenvalue weighted by Gasteiger charge is 2.29. The van der Waals surface area contributed by atoms with Crippen LogP contribution >= 0.6 is 15.6 Å². The molecular weight excluding hydrogens is 1120 g/mol. The Kier molecular flexibility index (Phi) is 57.8. The summed E-state index contributed by atoms with van der Waals surface area (Å²) in [5.41, 5.74) is 0. The van der Waals surface area contributed by atoms with Crippen LogP contribution in [0.25, 0.3) is 0 Å². The van der Waals surface area contributed by atoms with Crippen molar-refractivity contribution in [3.05, 3.63) is 109 Å². The van der Waals surface area contributed by atoms with E-state index in [1.54, 1.807) is 0 Å². The SMILES string of the molecule is CC/C=C\C/C=C\C/C=C\C/C=C\C/C=C\C/C=C\CCC(=O)OCC(O)COP(=O)(O)OCC(O)COP(=O)(O)OCC(COC(=O)CCCCCCC/C=C\C/C=C\C/C=C\CC)OC(=O)CCCCCCCCCCCCCCCCC. The molecule has 0 rings (SSSR count). The monoisotopic (exact) mass is 1240 g/mol. The van der Waals surface area contributed by atoms with Crippen molar-refractivity contribution in [2.75, 3.05) is 39.6 Å². The summed E-state index contributed by atoms with van der Waals surface area (Å²) in [5, 5.41) is 20.5. The van der Waals surface area contributed by atoms with Gasteiger partial charge in [0.05, 0.1) is 26.4 Å². The molecule has 85 heavy (non-hydrogen) atoms. The number of ether oxygens (including phenoxy) is 3. The molecule has 0 saturated carbocycles. The van der Waals surface area contributed by atoms with Crippen molar-refractivity contribution in [3.63, 3.8) is 0 Å². The van der Waals surface area contributed by atoms with E-state index in [1.165, 1.54) is 64.2 Å². The van der Waals surface area contributed by atoms with E-state index >= 15 is 0 Å². The second kappa shape index (κ2) is 60.5. The molecule has 16 nitrogen and oxygen atoms in total. The normalized spacial score (nSPS) is 15.0. The second-order valence-corrected chi connectivity index (χ2v) is 24.1. The number of esters is 3. The van der Waals surface area contributed by atoms with Gasteiger partial charge in [-0.05, 0) is 89.9 Å². The number of aliphatic hydroxyl groups excluding tert-OH is 2. The average Bonchev–Trinajstić information content (AvgIpc) is 3.52. The highest BCUT2D eigenvalue weighted by atomic mass is 31.2. The zero-order valence-corrected chi connectivity index (χ0v) is 54.3. The van der Waals surface area contributed by atoms with Crippen LogP contribution in [-0.4, -0.2) is 95.9 Å². The lowest BCUT2D eigenvalue weighted by Gasteiger charge is -2.21. The van der Waals surface area contributed by atoms with Crippen LogP contribution in [0.2, 0.25) is 0 Å². The molecule has 18 heteroatoms. The molecule has 0 aliphatic heterocycles. The standard InChI is InChI=1S/C67H114O16P2/c1-4-7-10-13-16-19-22-25-28-29-30-31-34-36-38-41-44-47-50-53-65(70)77-56-62(68)57-79-84(73,74)80-58-63(69)59-81-85(75,76)82-61-64(83-67(72)55-52-49-46-43-40-37-33-27-24-21-18-15-12-9-6-3)60-78-66(71)54-51-48-45-42-39-35-32-26-23-20-17-14-11-8-5-2/h7-8,10-11,16-17,19-20,25-26,28,30-32,36,38,44,47,62-64,68-69H,4-6,9,12-15,18,21-24,27,29,33-35,37,39-43,45-46,48-61H2,1-3H3,(H,73,74)(H,75,76)/b10-7-,11-8-,19-16-,20-17-,28-25-,31-30-,32-26-,38-36-,47-44-. The van der Waals surface area contributed by atoms with Crippen LogP contribution in [0.15, 0.2) is 109 Å². The van der Waals surface area contributed by atoms with E-state index in [4.69, 9.17) is 32.3 Å². The maximum Gasteiger partial charge on any atom is 0.472 e. The molecule has 0 aromatic heterocycles. The number of rotatable bonds is 60. The fourth-order valence-corrected chi connectivity index (χ4v) is 9.72. The first-order chi connectivity index (χ1) is 41.2. The zero-order chi connectivity index (χ0) is 62.4. The molecule has 488 valence electrons. The van der Waals surface area contributed by atoms with Crippen molar-refractivity contribution in [1.29, 1.82) is 0 Å². The zero-order valence-electron chi connectivity index (χ0n) is 52.5. The third kappa shape index (κ3) is 61.6. The molecule has 0 radical (unpaired) electrons. The van der Waals surface area contributed by atoms with Crippen LogP contribution in [-0.2, 0) is 55.8 Å². The Balaban J connectivity index is 4.74. The molecule has 0 bridgehead atoms. The van der Waals surface area contributed by atoms with Gasteiger partial charge < -0.3 is 34.2 Å². The minimum absolute atomic E-state index is 0.0582. The molecule has 0 spiro atoms. The number of unbranched alkanes of at least 4 members (excludes halogenated alkanes) is 19. The molecule has 0 fully saturated rings. The lowest BCUT2D eigenvalue weighted by molar-refractivity contribution is -0.161. The van der Waals surface area contributed by atoms with Gasteiger partial charge in [-0.25, -0.2) is 9.13 Å². The average molecular weight is 1240 g/mol. The van der Waals surface area contributed by atoms with Gasteiger partial charge in [-0.3, -0.25) is 32.5 Å². The highest BCUT2D eigenvalue weighted by Crippen LogP contribution is 2.45. The van der Waals surface area contributed by atoms with E-state index < -0.39 is 91.5 Å². The van der Waals surface area contributed by atoms with Gasteiger partial charge >= 0.3 is 33.6 Å². The van der Waals surface area contributed by atoms with Gasteiger partial charge in [-0.1, -0.05) is 239 Å². The number of hydrogen-bond donors (Lipinski definition) is 4. The minimum atomic E-state index is -4.93. The van der Waals surface area contributed by atoms with Crippen LogP contribution in [0.1, 0.15) is 239 Å². The van der Waals surface area contributed by atoms with E-state index in [2.05, 4.69) is 112 Å². The number of phosphoric acid groups is 2. The quantitative estimate of drug-likeness (QED) is 0.0146. The topological polar surface area (TPSA) is 231 Å². The number of carbonyl (C=O) groups excluding carboxylic acids is 3. The number of carbonyl (C=O) groups is 3. The second-order valence-electron chi connectivity index (χ2n) is 21.2. The molecule has 0 heterocycles. The van der Waals surface area contributed by atoms with Crippen LogP contribution < -0.4 is 0 Å². The number of phosphoric ester groups is 2. The van der Waals surface area contributed by atoms with Crippen LogP contribution in [0.4, 0.5) is 0 Å². The van der Waals surface area contributed by atoms with Crippen LogP contribution in [0.5, 0.6) is 0 Å². The fourth-order valence-electron chi connectivity index (χ4n) is 8.14. The van der Waals surface area contributed by atoms with Gasteiger partial charge in [0, 0.05) is 19.3 Å². The third-order valence-corrected chi connectivity index (χ3v) is 14.9. The molecule has 5 atom stereocenters. The van der Waals surface area contributed by atoms with Crippen molar-refractivity contribution in [3.8, 4) is 0 Å². The summed E-state index contributed by atoms with van der Waals surface area (Å²) in [7, 11) is -9.79. The summed E-state index contributed by atoms with van der Waals surface area (Å²) in [6.07, 6.45) is 65.9. The molecule has 0 saturated heterocycles. The summed E-state index contributed by atoms with van der Waals surface area (Å²) in [5.74, 6) is -1.68. The number of aliphatic hydroxyl groups is 2. The van der Waals surface area contributed by atoms with E-state index in [0.29, 0.717) is 25.7 Å². The Morgan fingerprint density at radius 2 is 0.647 bits per heavy atom. The molecule has 0 aromatic carbocycles. The van der Waals surface area contributed by atoms with Gasteiger partial charge in [-0.2, -0.15) is 0 Å². The van der Waals surface area contributed by atoms with E-state index in [1.807, 2.05) is 18.2 Å². The Morgan fingerprint density at radius 3 is 1.06 bits per heavy atom. The third-order valence-electron chi connectivity index (χ3n) is 13.0. The molecule has 4 N–H and O–H groups in total. The Hall–Kier alpha value is -3.79. The van der Waals surface area contributed by atoms with Gasteiger partial charge in [-0.15, -0.1) is 0 Å². The predicted molar refractivity (Wildman–Crippen MR) is 344 cm³/mol. The molecular formula is C67H114O16P2. The Labute approximate surface area is 513 Å². The Morgan fingerprint density at radius 1 is 0.341 bits per heavy atom. The maximum atomic E-state index is 12.9. The number of allylic oxidation sites excluding steroid dienone is 18. The van der Waals surface area contributed by atoms with Gasteiger partial charge in [0.1, 0.15) is 25.4 Å². The fraction of sp³-hybridized carbons (Fsp3) is 0.687. The summed E-state index contributed by atoms with van der Waals surface area (Å²) in [6, 6.07) is 0. The Bertz CT molecular complexity index is 1990. The van der Waals surface area contributed by atoms with Gasteiger partial charge in [0.15, 0.2) is 6.10 Å². The van der Waals surface area contributed by atoms with Crippen molar-refractivity contribution >= 4 is 33.6 Å². The molecule has 0 aliphatic carbocycles. The predicted octanol–water partition coefficient (Wildman–Crippen LogP) is 17.3. The van der Waals surface area contributed by atoms with Gasteiger partial charge in [0.2, 0.25) is 0 Å². The van der Waals surface area contributed by atoms with Crippen molar-refractivity contribution in [1.82, 2.24) is 0 Å². The lowest BCUT2D eigenvalue weighted by atomic mass is 10.0. The van der Waals surface area contributed by atoms with Crippen LogP contribution in [0.3, 0.4) is 0 Å². The van der Waals surface area contributed by atoms with E-state index in [0.717, 1.165) is 109 Å². The highest BCUT2D eigenvalue weighted by molar-refractivity contribution is 7.47. The first kappa shape index (κ1) is 81.2. The first-order valence-corrected chi connectivity index (χ1v) is 35.2. The summed E-state index contributed by atoms with van der Waals surface area (Å²) in [6.45, 7) is 2.32. The van der Waals surface area contributed by atoms with Crippen LogP contribution in [0, 0.1) is 0 Å². The summed E-state index contributed by atoms with van der Waals surface area (Å²) < 4.78 is 60.7. The largest absolute Gasteiger partial charge is 0.472 e. The van der Waals surface area contributed by atoms with E-state index in [-0.39, 0.29) is 19.3 Å². The summed E-state index contributed by atoms with van der Waals surface area (Å²) >= 11 is 0. The minimum Gasteiger partial charge on any atom is -0.463 e. The first-order valence-electron chi connectivity index (χ1n) is 32.2. The number of hydrogen-bond acceptors (Lipinski definition) is 14. The smallest absolute Gasteiger partial charge is 0.463 e. The summed E-state index contributed by atoms with van der Waals surface area (Å²) in [4.78, 5) is 58.2. The molecule has 0 aromatic rings.